The van der Waals surface area contributed by atoms with E-state index in [2.05, 4.69) is 10.4 Å². The second kappa shape index (κ2) is 6.81. The van der Waals surface area contributed by atoms with E-state index in [0.717, 1.165) is 10.9 Å². The van der Waals surface area contributed by atoms with Crippen LogP contribution in [0.5, 0.6) is 0 Å². The first-order valence-electron chi connectivity index (χ1n) is 6.84. The van der Waals surface area contributed by atoms with Gasteiger partial charge in [-0.15, -0.1) is 11.3 Å². The van der Waals surface area contributed by atoms with Crippen molar-refractivity contribution >= 4 is 40.4 Å². The van der Waals surface area contributed by atoms with E-state index in [4.69, 9.17) is 11.6 Å². The average Bonchev–Trinajstić information content (AvgIpc) is 3.20. The van der Waals surface area contributed by atoms with E-state index in [1.165, 1.54) is 12.1 Å². The maximum Gasteiger partial charge on any atom is 0.270 e. The van der Waals surface area contributed by atoms with Crippen LogP contribution < -0.4 is 5.32 Å². The molecule has 0 aliphatic carbocycles. The summed E-state index contributed by atoms with van der Waals surface area (Å²) in [5, 5.41) is 19.6. The van der Waals surface area contributed by atoms with Gasteiger partial charge in [0.05, 0.1) is 28.3 Å². The number of benzene rings is 1. The molecule has 1 aromatic carbocycles. The molecule has 0 unspecified atom stereocenters. The van der Waals surface area contributed by atoms with Gasteiger partial charge in [-0.25, -0.2) is 4.68 Å². The highest BCUT2D eigenvalue weighted by molar-refractivity contribution is 7.09. The Labute approximate surface area is 145 Å². The average molecular weight is 363 g/mol. The number of nitrogens with one attached hydrogen (secondary N) is 1. The Hall–Kier alpha value is -2.71. The van der Waals surface area contributed by atoms with Gasteiger partial charge in [-0.2, -0.15) is 5.10 Å². The first kappa shape index (κ1) is 16.2. The molecule has 0 saturated heterocycles. The Bertz CT molecular complexity index is 892. The van der Waals surface area contributed by atoms with Crippen LogP contribution in [0.2, 0.25) is 5.02 Å². The van der Waals surface area contributed by atoms with Crippen molar-refractivity contribution in [3.05, 3.63) is 73.6 Å². The third-order valence-electron chi connectivity index (χ3n) is 3.25. The van der Waals surface area contributed by atoms with Crippen molar-refractivity contribution in [3.63, 3.8) is 0 Å². The summed E-state index contributed by atoms with van der Waals surface area (Å²) in [7, 11) is 0. The van der Waals surface area contributed by atoms with Crippen molar-refractivity contribution in [2.24, 2.45) is 0 Å². The van der Waals surface area contributed by atoms with Gasteiger partial charge in [0.15, 0.2) is 0 Å². The van der Waals surface area contributed by atoms with Crippen molar-refractivity contribution < 1.29 is 9.72 Å². The number of halogens is 1. The molecule has 1 amide bonds. The molecule has 24 heavy (non-hydrogen) atoms. The van der Waals surface area contributed by atoms with Gasteiger partial charge in [-0.3, -0.25) is 14.9 Å². The number of carbonyl (C=O) groups is 1. The minimum atomic E-state index is -0.566. The van der Waals surface area contributed by atoms with Gasteiger partial charge in [0.2, 0.25) is 0 Å². The molecule has 2 heterocycles. The van der Waals surface area contributed by atoms with Gasteiger partial charge in [-0.05, 0) is 17.5 Å². The highest BCUT2D eigenvalue weighted by Gasteiger charge is 2.16. The number of anilines is 1. The van der Waals surface area contributed by atoms with Crippen molar-refractivity contribution in [2.45, 2.75) is 6.54 Å². The van der Waals surface area contributed by atoms with E-state index >= 15 is 0 Å². The number of amides is 1. The predicted octanol–water partition coefficient (Wildman–Crippen LogP) is 3.81. The van der Waals surface area contributed by atoms with Crippen molar-refractivity contribution in [3.8, 4) is 0 Å². The van der Waals surface area contributed by atoms with Crippen LogP contribution in [0, 0.1) is 10.1 Å². The van der Waals surface area contributed by atoms with E-state index in [1.54, 1.807) is 28.3 Å². The van der Waals surface area contributed by atoms with Crippen molar-refractivity contribution in [2.75, 3.05) is 5.32 Å². The van der Waals surface area contributed by atoms with E-state index in [0.29, 0.717) is 12.4 Å². The molecule has 122 valence electrons. The molecule has 0 radical (unpaired) electrons. The molecule has 0 saturated carbocycles. The van der Waals surface area contributed by atoms with Crippen LogP contribution in [-0.4, -0.2) is 20.6 Å². The SMILES string of the molecule is O=C(Nc1ccnn1Cc1cccs1)c1ccc([N+](=O)[O-])cc1Cl. The Balaban J connectivity index is 1.78. The Kier molecular flexibility index (Phi) is 4.59. The summed E-state index contributed by atoms with van der Waals surface area (Å²) in [5.41, 5.74) is -0.00886. The lowest BCUT2D eigenvalue weighted by molar-refractivity contribution is -0.384. The van der Waals surface area contributed by atoms with Gasteiger partial charge >= 0.3 is 0 Å². The number of carbonyl (C=O) groups excluding carboxylic acids is 1. The number of non-ortho nitro benzene ring substituents is 1. The molecular formula is C15H11ClN4O3S. The molecule has 2 aromatic heterocycles. The maximum absolute atomic E-state index is 12.4. The fourth-order valence-corrected chi connectivity index (χ4v) is 3.05. The molecule has 9 heteroatoms. The zero-order valence-electron chi connectivity index (χ0n) is 12.2. The van der Waals surface area contributed by atoms with Crippen LogP contribution in [0.3, 0.4) is 0 Å². The standard InChI is InChI=1S/C15H11ClN4O3S/c16-13-8-10(20(22)23)3-4-12(13)15(21)18-14-5-6-17-19(14)9-11-2-1-7-24-11/h1-8H,9H2,(H,18,21). The minimum absolute atomic E-state index is 0.0195. The molecule has 0 spiro atoms. The summed E-state index contributed by atoms with van der Waals surface area (Å²) in [4.78, 5) is 23.6. The van der Waals surface area contributed by atoms with Crippen molar-refractivity contribution in [1.29, 1.82) is 0 Å². The summed E-state index contributed by atoms with van der Waals surface area (Å²) >= 11 is 7.57. The molecule has 0 atom stereocenters. The largest absolute Gasteiger partial charge is 0.307 e. The van der Waals surface area contributed by atoms with Gasteiger partial charge in [-0.1, -0.05) is 17.7 Å². The summed E-state index contributed by atoms with van der Waals surface area (Å²) in [6.07, 6.45) is 1.58. The summed E-state index contributed by atoms with van der Waals surface area (Å²) in [5.74, 6) is 0.0608. The molecule has 3 aromatic rings. The maximum atomic E-state index is 12.4. The van der Waals surface area contributed by atoms with Crippen LogP contribution >= 0.6 is 22.9 Å². The summed E-state index contributed by atoms with van der Waals surface area (Å²) in [6.45, 7) is 0.536. The minimum Gasteiger partial charge on any atom is -0.307 e. The van der Waals surface area contributed by atoms with E-state index in [9.17, 15) is 14.9 Å². The fourth-order valence-electron chi connectivity index (χ4n) is 2.10. The van der Waals surface area contributed by atoms with Crippen LogP contribution in [0.25, 0.3) is 0 Å². The van der Waals surface area contributed by atoms with Gasteiger partial charge in [0.1, 0.15) is 5.82 Å². The first-order chi connectivity index (χ1) is 11.5. The van der Waals surface area contributed by atoms with E-state index < -0.39 is 10.8 Å². The van der Waals surface area contributed by atoms with Crippen molar-refractivity contribution in [1.82, 2.24) is 9.78 Å². The normalized spacial score (nSPS) is 10.5. The van der Waals surface area contributed by atoms with Gasteiger partial charge < -0.3 is 5.32 Å². The smallest absolute Gasteiger partial charge is 0.270 e. The second-order valence-corrected chi connectivity index (χ2v) is 6.27. The molecular weight excluding hydrogens is 352 g/mol. The number of nitro groups is 1. The predicted molar refractivity (Wildman–Crippen MR) is 91.7 cm³/mol. The Morgan fingerprint density at radius 3 is 2.88 bits per heavy atom. The van der Waals surface area contributed by atoms with Crippen LogP contribution in [0.4, 0.5) is 11.5 Å². The van der Waals surface area contributed by atoms with Gasteiger partial charge in [0, 0.05) is 23.1 Å². The Morgan fingerprint density at radius 1 is 1.38 bits per heavy atom. The Morgan fingerprint density at radius 2 is 2.21 bits per heavy atom. The van der Waals surface area contributed by atoms with Crippen LogP contribution in [0.15, 0.2) is 48.0 Å². The molecule has 0 bridgehead atoms. The number of nitrogens with zero attached hydrogens (tertiary/aromatic N) is 3. The zero-order chi connectivity index (χ0) is 17.1. The highest BCUT2D eigenvalue weighted by atomic mass is 35.5. The lowest BCUT2D eigenvalue weighted by Gasteiger charge is -2.09. The summed E-state index contributed by atoms with van der Waals surface area (Å²) in [6, 6.07) is 9.31. The monoisotopic (exact) mass is 362 g/mol. The zero-order valence-corrected chi connectivity index (χ0v) is 13.8. The third kappa shape index (κ3) is 3.44. The number of nitro benzene ring substituents is 1. The lowest BCUT2D eigenvalue weighted by Crippen LogP contribution is -2.16. The van der Waals surface area contributed by atoms with E-state index in [1.807, 2.05) is 17.5 Å². The molecule has 1 N–H and O–H groups in total. The molecule has 0 aliphatic rings. The number of thiophene rings is 1. The quantitative estimate of drug-likeness (QED) is 0.552. The molecule has 0 aliphatic heterocycles. The van der Waals surface area contributed by atoms with Gasteiger partial charge in [0.25, 0.3) is 11.6 Å². The molecule has 7 nitrogen and oxygen atoms in total. The van der Waals surface area contributed by atoms with E-state index in [-0.39, 0.29) is 16.3 Å². The molecule has 0 fully saturated rings. The number of hydrogen-bond donors (Lipinski definition) is 1. The molecule has 3 rings (SSSR count). The highest BCUT2D eigenvalue weighted by Crippen LogP contribution is 2.23. The lowest BCUT2D eigenvalue weighted by atomic mass is 10.2. The third-order valence-corrected chi connectivity index (χ3v) is 4.43. The number of rotatable bonds is 5. The first-order valence-corrected chi connectivity index (χ1v) is 8.10. The number of aromatic nitrogens is 2. The van der Waals surface area contributed by atoms with Crippen LogP contribution in [-0.2, 0) is 6.54 Å². The summed E-state index contributed by atoms with van der Waals surface area (Å²) < 4.78 is 1.66. The topological polar surface area (TPSA) is 90.1 Å². The number of hydrogen-bond acceptors (Lipinski definition) is 5. The van der Waals surface area contributed by atoms with Crippen LogP contribution in [0.1, 0.15) is 15.2 Å². The second-order valence-electron chi connectivity index (χ2n) is 4.83. The fraction of sp³-hybridized carbons (Fsp3) is 0.0667.